The van der Waals surface area contributed by atoms with Crippen molar-refractivity contribution in [2.24, 2.45) is 5.92 Å². The molecule has 3 N–H and O–H groups in total. The predicted octanol–water partition coefficient (Wildman–Crippen LogP) is 2.74. The zero-order chi connectivity index (χ0) is 14.1. The summed E-state index contributed by atoms with van der Waals surface area (Å²) < 4.78 is 2.03. The lowest BCUT2D eigenvalue weighted by Crippen LogP contribution is -2.24. The van der Waals surface area contributed by atoms with Gasteiger partial charge in [0.15, 0.2) is 0 Å². The highest BCUT2D eigenvalue weighted by molar-refractivity contribution is 9.10. The summed E-state index contributed by atoms with van der Waals surface area (Å²) in [7, 11) is 0. The maximum absolute atomic E-state index is 12.2. The van der Waals surface area contributed by atoms with Crippen LogP contribution in [0.4, 0.5) is 17.1 Å². The minimum Gasteiger partial charge on any atom is -0.399 e. The fourth-order valence-electron chi connectivity index (χ4n) is 1.95. The number of rotatable bonds is 4. The minimum atomic E-state index is -0.0997. The van der Waals surface area contributed by atoms with E-state index in [1.54, 1.807) is 18.3 Å². The van der Waals surface area contributed by atoms with E-state index in [-0.39, 0.29) is 5.56 Å². The van der Waals surface area contributed by atoms with Crippen molar-refractivity contribution in [2.75, 3.05) is 11.1 Å². The van der Waals surface area contributed by atoms with Gasteiger partial charge in [-0.1, -0.05) is 0 Å². The molecule has 1 fully saturated rings. The number of benzene rings is 1. The van der Waals surface area contributed by atoms with E-state index in [2.05, 4.69) is 26.3 Å². The maximum atomic E-state index is 12.2. The Balaban J connectivity index is 1.84. The number of nitrogens with two attached hydrogens (primary N) is 1. The molecule has 0 aliphatic heterocycles. The lowest BCUT2D eigenvalue weighted by Gasteiger charge is -2.10. The third-order valence-corrected chi connectivity index (χ3v) is 4.07. The van der Waals surface area contributed by atoms with E-state index in [1.807, 2.05) is 12.1 Å². The van der Waals surface area contributed by atoms with Crippen LogP contribution in [-0.4, -0.2) is 9.78 Å². The summed E-state index contributed by atoms with van der Waals surface area (Å²) in [5.41, 5.74) is 7.77. The standard InChI is InChI=1S/C14H15BrN4O/c15-13-12(18-11-5-3-10(16)4-6-11)7-17-19(14(13)20)8-9-1-2-9/h3-7,9,18H,1-2,8,16H2. The molecule has 1 heterocycles. The lowest BCUT2D eigenvalue weighted by molar-refractivity contribution is 0.532. The van der Waals surface area contributed by atoms with Crippen LogP contribution in [0.3, 0.4) is 0 Å². The van der Waals surface area contributed by atoms with Gasteiger partial charge >= 0.3 is 0 Å². The molecule has 1 aromatic heterocycles. The first kappa shape index (κ1) is 13.2. The molecule has 2 aromatic rings. The van der Waals surface area contributed by atoms with E-state index >= 15 is 0 Å². The third-order valence-electron chi connectivity index (χ3n) is 3.30. The van der Waals surface area contributed by atoms with Gasteiger partial charge in [0.1, 0.15) is 4.47 Å². The highest BCUT2D eigenvalue weighted by Crippen LogP contribution is 2.30. The number of hydrogen-bond donors (Lipinski definition) is 2. The van der Waals surface area contributed by atoms with Crippen LogP contribution in [0.15, 0.2) is 39.7 Å². The second-order valence-electron chi connectivity index (χ2n) is 5.05. The molecule has 0 atom stereocenters. The van der Waals surface area contributed by atoms with Crippen molar-refractivity contribution in [2.45, 2.75) is 19.4 Å². The van der Waals surface area contributed by atoms with E-state index in [4.69, 9.17) is 5.73 Å². The molecule has 1 aromatic carbocycles. The SMILES string of the molecule is Nc1ccc(Nc2cnn(CC3CC3)c(=O)c2Br)cc1. The molecule has 1 saturated carbocycles. The average molecular weight is 335 g/mol. The molecular formula is C14H15BrN4O. The fraction of sp³-hybridized carbons (Fsp3) is 0.286. The van der Waals surface area contributed by atoms with Gasteiger partial charge in [0.05, 0.1) is 11.9 Å². The van der Waals surface area contributed by atoms with E-state index in [1.165, 1.54) is 17.5 Å². The minimum absolute atomic E-state index is 0.0997. The lowest BCUT2D eigenvalue weighted by atomic mass is 10.3. The van der Waals surface area contributed by atoms with Crippen LogP contribution in [0.25, 0.3) is 0 Å². The van der Waals surface area contributed by atoms with Crippen molar-refractivity contribution >= 4 is 33.0 Å². The van der Waals surface area contributed by atoms with Crippen LogP contribution < -0.4 is 16.6 Å². The molecule has 0 radical (unpaired) electrons. The van der Waals surface area contributed by atoms with E-state index in [0.29, 0.717) is 28.3 Å². The van der Waals surface area contributed by atoms with Crippen LogP contribution in [0.2, 0.25) is 0 Å². The Hall–Kier alpha value is -1.82. The highest BCUT2D eigenvalue weighted by Gasteiger charge is 2.23. The molecule has 20 heavy (non-hydrogen) atoms. The second-order valence-corrected chi connectivity index (χ2v) is 5.84. The molecule has 0 unspecified atom stereocenters. The van der Waals surface area contributed by atoms with Crippen LogP contribution in [0.1, 0.15) is 12.8 Å². The van der Waals surface area contributed by atoms with Gasteiger partial charge in [0, 0.05) is 17.9 Å². The molecule has 3 rings (SSSR count). The van der Waals surface area contributed by atoms with Crippen molar-refractivity contribution in [3.8, 4) is 0 Å². The Labute approximate surface area is 124 Å². The van der Waals surface area contributed by atoms with Crippen LogP contribution >= 0.6 is 15.9 Å². The van der Waals surface area contributed by atoms with Gasteiger partial charge in [-0.2, -0.15) is 5.10 Å². The van der Waals surface area contributed by atoms with Crippen LogP contribution in [0, 0.1) is 5.92 Å². The first-order chi connectivity index (χ1) is 9.63. The van der Waals surface area contributed by atoms with Gasteiger partial charge in [-0.25, -0.2) is 4.68 Å². The number of hydrogen-bond acceptors (Lipinski definition) is 4. The van der Waals surface area contributed by atoms with Crippen molar-refractivity contribution < 1.29 is 0 Å². The maximum Gasteiger partial charge on any atom is 0.283 e. The molecular weight excluding hydrogens is 320 g/mol. The first-order valence-corrected chi connectivity index (χ1v) is 7.31. The van der Waals surface area contributed by atoms with Gasteiger partial charge < -0.3 is 11.1 Å². The van der Waals surface area contributed by atoms with Crippen molar-refractivity contribution in [1.82, 2.24) is 9.78 Å². The van der Waals surface area contributed by atoms with E-state index in [9.17, 15) is 4.79 Å². The Kier molecular flexibility index (Phi) is 3.48. The summed E-state index contributed by atoms with van der Waals surface area (Å²) >= 11 is 3.35. The monoisotopic (exact) mass is 334 g/mol. The average Bonchev–Trinajstić information content (AvgIpc) is 3.25. The van der Waals surface area contributed by atoms with Crippen molar-refractivity contribution in [1.29, 1.82) is 0 Å². The molecule has 1 aliphatic rings. The fourth-order valence-corrected chi connectivity index (χ4v) is 2.36. The summed E-state index contributed by atoms with van der Waals surface area (Å²) in [6, 6.07) is 7.32. The van der Waals surface area contributed by atoms with Gasteiger partial charge in [0.2, 0.25) is 0 Å². The van der Waals surface area contributed by atoms with Gasteiger partial charge in [0.25, 0.3) is 5.56 Å². The van der Waals surface area contributed by atoms with E-state index in [0.717, 1.165) is 5.69 Å². The number of nitrogens with one attached hydrogen (secondary N) is 1. The second kappa shape index (κ2) is 5.28. The zero-order valence-corrected chi connectivity index (χ0v) is 12.4. The van der Waals surface area contributed by atoms with Crippen LogP contribution in [0.5, 0.6) is 0 Å². The van der Waals surface area contributed by atoms with Gasteiger partial charge in [-0.15, -0.1) is 0 Å². The molecule has 104 valence electrons. The molecule has 1 aliphatic carbocycles. The Morgan fingerprint density at radius 3 is 2.70 bits per heavy atom. The summed E-state index contributed by atoms with van der Waals surface area (Å²) in [5, 5.41) is 7.38. The first-order valence-electron chi connectivity index (χ1n) is 6.51. The normalized spacial score (nSPS) is 14.2. The molecule has 0 amide bonds. The van der Waals surface area contributed by atoms with Crippen molar-refractivity contribution in [3.63, 3.8) is 0 Å². The number of aromatic nitrogens is 2. The Morgan fingerprint density at radius 2 is 2.05 bits per heavy atom. The summed E-state index contributed by atoms with van der Waals surface area (Å²) in [6.07, 6.45) is 4.05. The number of halogens is 1. The predicted molar refractivity (Wildman–Crippen MR) is 83.1 cm³/mol. The Bertz CT molecular complexity index is 677. The zero-order valence-electron chi connectivity index (χ0n) is 10.8. The number of nitrogens with zero attached hydrogens (tertiary/aromatic N) is 2. The van der Waals surface area contributed by atoms with Crippen molar-refractivity contribution in [3.05, 3.63) is 45.3 Å². The summed E-state index contributed by atoms with van der Waals surface area (Å²) in [4.78, 5) is 12.2. The van der Waals surface area contributed by atoms with Crippen LogP contribution in [-0.2, 0) is 6.54 Å². The molecule has 0 bridgehead atoms. The molecule has 6 heteroatoms. The number of nitrogen functional groups attached to an aromatic ring is 1. The summed E-state index contributed by atoms with van der Waals surface area (Å²) in [6.45, 7) is 0.708. The van der Waals surface area contributed by atoms with Gasteiger partial charge in [-0.05, 0) is 59.0 Å². The smallest absolute Gasteiger partial charge is 0.283 e. The topological polar surface area (TPSA) is 72.9 Å². The van der Waals surface area contributed by atoms with Gasteiger partial charge in [-0.3, -0.25) is 4.79 Å². The number of anilines is 3. The summed E-state index contributed by atoms with van der Waals surface area (Å²) in [5.74, 6) is 0.614. The highest BCUT2D eigenvalue weighted by atomic mass is 79.9. The molecule has 0 spiro atoms. The quantitative estimate of drug-likeness (QED) is 0.843. The molecule has 0 saturated heterocycles. The molecule has 5 nitrogen and oxygen atoms in total. The van der Waals surface area contributed by atoms with E-state index < -0.39 is 0 Å². The largest absolute Gasteiger partial charge is 0.399 e. The Morgan fingerprint density at radius 1 is 1.35 bits per heavy atom. The third kappa shape index (κ3) is 2.85.